The Morgan fingerprint density at radius 3 is 2.33 bits per heavy atom. The van der Waals surface area contributed by atoms with Gasteiger partial charge in [0.05, 0.1) is 0 Å². The van der Waals surface area contributed by atoms with E-state index in [4.69, 9.17) is 5.73 Å². The normalized spacial score (nSPS) is 28.0. The van der Waals surface area contributed by atoms with Crippen molar-refractivity contribution >= 4 is 0 Å². The van der Waals surface area contributed by atoms with Crippen LogP contribution in [0.4, 0.5) is 0 Å². The molecule has 0 radical (unpaired) electrons. The molecule has 1 atom stereocenters. The maximum Gasteiger partial charge on any atom is 0.0331 e. The van der Waals surface area contributed by atoms with Crippen LogP contribution in [0.3, 0.4) is 0 Å². The highest BCUT2D eigenvalue weighted by Gasteiger charge is 2.41. The van der Waals surface area contributed by atoms with E-state index in [1.54, 1.807) is 0 Å². The lowest BCUT2D eigenvalue weighted by Crippen LogP contribution is -2.56. The van der Waals surface area contributed by atoms with E-state index in [-0.39, 0.29) is 0 Å². The first-order valence-corrected chi connectivity index (χ1v) is 6.63. The van der Waals surface area contributed by atoms with E-state index in [9.17, 15) is 0 Å². The van der Waals surface area contributed by atoms with Crippen LogP contribution in [0.15, 0.2) is 0 Å². The predicted molar refractivity (Wildman–Crippen MR) is 64.8 cm³/mol. The first-order valence-electron chi connectivity index (χ1n) is 6.63. The van der Waals surface area contributed by atoms with Crippen molar-refractivity contribution in [2.24, 2.45) is 11.7 Å². The molecule has 15 heavy (non-hydrogen) atoms. The van der Waals surface area contributed by atoms with Crippen LogP contribution in [0.5, 0.6) is 0 Å². The Labute approximate surface area is 94.2 Å². The molecule has 0 amide bonds. The highest BCUT2D eigenvalue weighted by atomic mass is 15.2. The van der Waals surface area contributed by atoms with Gasteiger partial charge in [-0.2, -0.15) is 0 Å². The standard InChI is InChI=1S/C13H26N2/c1-11(12-6-7-12)15(2)13(10-14)8-4-3-5-9-13/h11-12H,3-10,14H2,1-2H3. The number of hydrogen-bond acceptors (Lipinski definition) is 2. The van der Waals surface area contributed by atoms with Gasteiger partial charge in [0.25, 0.3) is 0 Å². The van der Waals surface area contributed by atoms with Gasteiger partial charge in [-0.05, 0) is 45.6 Å². The summed E-state index contributed by atoms with van der Waals surface area (Å²) in [4.78, 5) is 2.61. The van der Waals surface area contributed by atoms with Crippen molar-refractivity contribution in [3.63, 3.8) is 0 Å². The fourth-order valence-electron chi connectivity index (χ4n) is 3.24. The zero-order valence-corrected chi connectivity index (χ0v) is 10.3. The molecule has 2 fully saturated rings. The summed E-state index contributed by atoms with van der Waals surface area (Å²) >= 11 is 0. The molecule has 2 nitrogen and oxygen atoms in total. The molecule has 0 aromatic carbocycles. The summed E-state index contributed by atoms with van der Waals surface area (Å²) in [6.07, 6.45) is 9.66. The summed E-state index contributed by atoms with van der Waals surface area (Å²) in [7, 11) is 2.31. The minimum atomic E-state index is 0.334. The van der Waals surface area contributed by atoms with E-state index >= 15 is 0 Å². The van der Waals surface area contributed by atoms with Crippen molar-refractivity contribution < 1.29 is 0 Å². The van der Waals surface area contributed by atoms with E-state index in [1.165, 1.54) is 44.9 Å². The van der Waals surface area contributed by atoms with Gasteiger partial charge in [0.2, 0.25) is 0 Å². The maximum absolute atomic E-state index is 6.06. The molecule has 2 N–H and O–H groups in total. The van der Waals surface area contributed by atoms with E-state index in [2.05, 4.69) is 18.9 Å². The second-order valence-corrected chi connectivity index (χ2v) is 5.68. The molecule has 0 aliphatic heterocycles. The van der Waals surface area contributed by atoms with Gasteiger partial charge in [-0.1, -0.05) is 19.3 Å². The van der Waals surface area contributed by atoms with Gasteiger partial charge < -0.3 is 5.73 Å². The van der Waals surface area contributed by atoms with Crippen molar-refractivity contribution in [1.82, 2.24) is 4.90 Å². The van der Waals surface area contributed by atoms with E-state index < -0.39 is 0 Å². The molecule has 0 saturated heterocycles. The number of nitrogens with zero attached hydrogens (tertiary/aromatic N) is 1. The Morgan fingerprint density at radius 1 is 1.27 bits per heavy atom. The minimum absolute atomic E-state index is 0.334. The summed E-state index contributed by atoms with van der Waals surface area (Å²) in [6, 6.07) is 0.742. The van der Waals surface area contributed by atoms with E-state index in [1.807, 2.05) is 0 Å². The number of nitrogens with two attached hydrogens (primary N) is 1. The highest BCUT2D eigenvalue weighted by Crippen LogP contribution is 2.40. The topological polar surface area (TPSA) is 29.3 Å². The quantitative estimate of drug-likeness (QED) is 0.772. The molecular formula is C13H26N2. The second kappa shape index (κ2) is 4.42. The predicted octanol–water partition coefficient (Wildman–Crippen LogP) is 2.38. The molecule has 1 unspecified atom stereocenters. The fraction of sp³-hybridized carbons (Fsp3) is 1.00. The van der Waals surface area contributed by atoms with Crippen LogP contribution < -0.4 is 5.73 Å². The molecule has 2 aliphatic carbocycles. The molecule has 0 aromatic heterocycles. The highest BCUT2D eigenvalue weighted by molar-refractivity contribution is 4.97. The van der Waals surface area contributed by atoms with Gasteiger partial charge in [0.1, 0.15) is 0 Å². The molecule has 2 aliphatic rings. The third kappa shape index (κ3) is 2.21. The van der Waals surface area contributed by atoms with Crippen molar-refractivity contribution in [3.05, 3.63) is 0 Å². The van der Waals surface area contributed by atoms with Crippen LogP contribution in [0.25, 0.3) is 0 Å². The average molecular weight is 210 g/mol. The van der Waals surface area contributed by atoms with Gasteiger partial charge in [0, 0.05) is 18.1 Å². The van der Waals surface area contributed by atoms with Crippen molar-refractivity contribution in [3.8, 4) is 0 Å². The van der Waals surface area contributed by atoms with Crippen molar-refractivity contribution in [2.45, 2.75) is 63.5 Å². The van der Waals surface area contributed by atoms with Crippen LogP contribution >= 0.6 is 0 Å². The molecule has 88 valence electrons. The summed E-state index contributed by atoms with van der Waals surface area (Å²) in [5.41, 5.74) is 6.39. The fourth-order valence-corrected chi connectivity index (χ4v) is 3.24. The van der Waals surface area contributed by atoms with E-state index in [0.29, 0.717) is 5.54 Å². The zero-order chi connectivity index (χ0) is 10.9. The lowest BCUT2D eigenvalue weighted by atomic mass is 9.79. The zero-order valence-electron chi connectivity index (χ0n) is 10.3. The maximum atomic E-state index is 6.06. The third-order valence-electron chi connectivity index (χ3n) is 4.83. The van der Waals surface area contributed by atoms with Crippen molar-refractivity contribution in [2.75, 3.05) is 13.6 Å². The Kier molecular flexibility index (Phi) is 3.36. The molecule has 2 saturated carbocycles. The Morgan fingerprint density at radius 2 is 1.87 bits per heavy atom. The van der Waals surface area contributed by atoms with Crippen LogP contribution in [0.1, 0.15) is 51.9 Å². The van der Waals surface area contributed by atoms with Crippen molar-refractivity contribution in [1.29, 1.82) is 0 Å². The Bertz CT molecular complexity index is 205. The Balaban J connectivity index is 2.02. The first kappa shape index (κ1) is 11.4. The van der Waals surface area contributed by atoms with Gasteiger partial charge in [-0.3, -0.25) is 4.90 Å². The lowest BCUT2D eigenvalue weighted by molar-refractivity contribution is 0.0416. The van der Waals surface area contributed by atoms with Gasteiger partial charge >= 0.3 is 0 Å². The molecule has 2 rings (SSSR count). The van der Waals surface area contributed by atoms with Gasteiger partial charge in [0.15, 0.2) is 0 Å². The van der Waals surface area contributed by atoms with Crippen LogP contribution in [0, 0.1) is 5.92 Å². The largest absolute Gasteiger partial charge is 0.329 e. The first-order chi connectivity index (χ1) is 7.19. The monoisotopic (exact) mass is 210 g/mol. The molecule has 2 heteroatoms. The molecule has 0 spiro atoms. The van der Waals surface area contributed by atoms with Gasteiger partial charge in [-0.25, -0.2) is 0 Å². The second-order valence-electron chi connectivity index (χ2n) is 5.68. The average Bonchev–Trinajstić information content (AvgIpc) is 3.12. The molecular weight excluding hydrogens is 184 g/mol. The minimum Gasteiger partial charge on any atom is -0.329 e. The molecule has 0 heterocycles. The number of hydrogen-bond donors (Lipinski definition) is 1. The smallest absolute Gasteiger partial charge is 0.0331 e. The number of rotatable bonds is 4. The van der Waals surface area contributed by atoms with Crippen LogP contribution in [0.2, 0.25) is 0 Å². The third-order valence-corrected chi connectivity index (χ3v) is 4.83. The molecule has 0 bridgehead atoms. The summed E-state index contributed by atoms with van der Waals surface area (Å²) in [5.74, 6) is 0.959. The summed E-state index contributed by atoms with van der Waals surface area (Å²) in [5, 5.41) is 0. The van der Waals surface area contributed by atoms with Crippen LogP contribution in [-0.2, 0) is 0 Å². The van der Waals surface area contributed by atoms with E-state index in [0.717, 1.165) is 18.5 Å². The summed E-state index contributed by atoms with van der Waals surface area (Å²) < 4.78 is 0. The number of likely N-dealkylation sites (N-methyl/N-ethyl adjacent to an activating group) is 1. The van der Waals surface area contributed by atoms with Crippen LogP contribution in [-0.4, -0.2) is 30.1 Å². The Hall–Kier alpha value is -0.0800. The lowest BCUT2D eigenvalue weighted by Gasteiger charge is -2.47. The SMILES string of the molecule is CC(C1CC1)N(C)C1(CN)CCCCC1. The molecule has 0 aromatic rings. The summed E-state index contributed by atoms with van der Waals surface area (Å²) in [6.45, 7) is 3.24. The van der Waals surface area contributed by atoms with Gasteiger partial charge in [-0.15, -0.1) is 0 Å².